The first-order valence-corrected chi connectivity index (χ1v) is 10.2. The first-order chi connectivity index (χ1) is 15.5. The molecular weight excluding hydrogens is 410 g/mol. The number of benzene rings is 2. The molecule has 0 radical (unpaired) electrons. The van der Waals surface area contributed by atoms with Gasteiger partial charge in [-0.05, 0) is 42.8 Å². The summed E-state index contributed by atoms with van der Waals surface area (Å²) in [6.45, 7) is 2.12. The zero-order valence-electron chi connectivity index (χ0n) is 17.6. The second kappa shape index (κ2) is 10.8. The van der Waals surface area contributed by atoms with E-state index in [-0.39, 0.29) is 30.0 Å². The van der Waals surface area contributed by atoms with E-state index in [1.165, 1.54) is 0 Å². The lowest BCUT2D eigenvalue weighted by Gasteiger charge is -2.07. The van der Waals surface area contributed by atoms with Crippen LogP contribution in [0.5, 0.6) is 5.75 Å². The molecule has 0 amide bonds. The molecule has 1 heterocycles. The molecule has 164 valence electrons. The molecule has 3 aromatic rings. The molecule has 0 saturated heterocycles. The van der Waals surface area contributed by atoms with Gasteiger partial charge in [0.25, 0.3) is 0 Å². The number of nitriles is 1. The Morgan fingerprint density at radius 2 is 1.88 bits per heavy atom. The van der Waals surface area contributed by atoms with Crippen molar-refractivity contribution in [1.82, 2.24) is 9.97 Å². The molecular formula is C24H23N3O5. The van der Waals surface area contributed by atoms with Crippen LogP contribution < -0.4 is 4.74 Å². The number of fused-ring (bicyclic) bond motifs is 1. The molecule has 8 heteroatoms. The number of carbonyl (C=O) groups excluding carboxylic acids is 2. The van der Waals surface area contributed by atoms with E-state index < -0.39 is 18.3 Å². The number of aromatic amines is 1. The molecule has 0 aliphatic rings. The third-order valence-electron chi connectivity index (χ3n) is 4.60. The first-order valence-electron chi connectivity index (χ1n) is 10.2. The van der Waals surface area contributed by atoms with Gasteiger partial charge < -0.3 is 19.6 Å². The number of nitrogens with zero attached hydrogens (tertiary/aromatic N) is 2. The quantitative estimate of drug-likeness (QED) is 0.211. The Morgan fingerprint density at radius 1 is 1.12 bits per heavy atom. The van der Waals surface area contributed by atoms with Gasteiger partial charge in [-0.25, -0.2) is 4.98 Å². The molecule has 2 aromatic carbocycles. The van der Waals surface area contributed by atoms with Crippen LogP contribution in [0.15, 0.2) is 54.3 Å². The highest BCUT2D eigenvalue weighted by molar-refractivity contribution is 5.97. The third kappa shape index (κ3) is 5.73. The predicted octanol–water partition coefficient (Wildman–Crippen LogP) is 4.35. The Kier molecular flexibility index (Phi) is 7.60. The fraction of sp³-hybridized carbons (Fsp3) is 0.250. The van der Waals surface area contributed by atoms with E-state index in [1.807, 2.05) is 19.1 Å². The van der Waals surface area contributed by atoms with Gasteiger partial charge in [-0.3, -0.25) is 9.59 Å². The number of rotatable bonds is 10. The fourth-order valence-electron chi connectivity index (χ4n) is 2.94. The number of ketones is 1. The van der Waals surface area contributed by atoms with Crippen molar-refractivity contribution in [3.63, 3.8) is 0 Å². The standard InChI is InChI=1S/C24H23N3O5/c1-2-13-31-17-9-7-16(8-10-17)21(28)11-12-23(30)32-15-22(29)18(14-25)24-26-19-5-3-4-6-20(19)27-24/h3-10,29H,2,11-13,15H2,1H3,(H,26,27)/b22-18-. The van der Waals surface area contributed by atoms with Crippen LogP contribution in [0, 0.1) is 11.3 Å². The van der Waals surface area contributed by atoms with Crippen molar-refractivity contribution in [3.8, 4) is 11.8 Å². The topological polar surface area (TPSA) is 125 Å². The van der Waals surface area contributed by atoms with Crippen molar-refractivity contribution in [2.75, 3.05) is 13.2 Å². The molecule has 2 N–H and O–H groups in total. The van der Waals surface area contributed by atoms with Crippen molar-refractivity contribution in [2.45, 2.75) is 26.2 Å². The number of carbonyl (C=O) groups is 2. The largest absolute Gasteiger partial charge is 0.507 e. The summed E-state index contributed by atoms with van der Waals surface area (Å²) in [5.74, 6) is -0.418. The van der Waals surface area contributed by atoms with E-state index in [0.717, 1.165) is 6.42 Å². The number of imidazole rings is 1. The van der Waals surface area contributed by atoms with Crippen LogP contribution in [0.25, 0.3) is 16.6 Å². The van der Waals surface area contributed by atoms with Crippen molar-refractivity contribution in [2.24, 2.45) is 0 Å². The van der Waals surface area contributed by atoms with Gasteiger partial charge in [-0.15, -0.1) is 0 Å². The molecule has 3 rings (SSSR count). The molecule has 0 atom stereocenters. The van der Waals surface area contributed by atoms with Gasteiger partial charge >= 0.3 is 5.97 Å². The van der Waals surface area contributed by atoms with Gasteiger partial charge in [0.1, 0.15) is 24.0 Å². The number of hydrogen-bond acceptors (Lipinski definition) is 7. The van der Waals surface area contributed by atoms with Gasteiger partial charge in [0, 0.05) is 12.0 Å². The van der Waals surface area contributed by atoms with Crippen molar-refractivity contribution in [1.29, 1.82) is 5.26 Å². The monoisotopic (exact) mass is 433 g/mol. The molecule has 8 nitrogen and oxygen atoms in total. The summed E-state index contributed by atoms with van der Waals surface area (Å²) < 4.78 is 10.5. The minimum absolute atomic E-state index is 0.0346. The number of esters is 1. The number of allylic oxidation sites excluding steroid dienone is 1. The number of aromatic nitrogens is 2. The summed E-state index contributed by atoms with van der Waals surface area (Å²) in [4.78, 5) is 31.5. The van der Waals surface area contributed by atoms with E-state index in [2.05, 4.69) is 9.97 Å². The molecule has 0 aliphatic heterocycles. The smallest absolute Gasteiger partial charge is 0.306 e. The van der Waals surface area contributed by atoms with Crippen LogP contribution in [0.2, 0.25) is 0 Å². The number of Topliss-reactive ketones (excluding diaryl/α,β-unsaturated/α-hetero) is 1. The maximum Gasteiger partial charge on any atom is 0.306 e. The van der Waals surface area contributed by atoms with Gasteiger partial charge in [0.15, 0.2) is 17.4 Å². The summed E-state index contributed by atoms with van der Waals surface area (Å²) in [5.41, 5.74) is 1.71. The highest BCUT2D eigenvalue weighted by Crippen LogP contribution is 2.19. The number of hydrogen-bond donors (Lipinski definition) is 2. The normalized spacial score (nSPS) is 11.5. The Bertz CT molecular complexity index is 1140. The van der Waals surface area contributed by atoms with E-state index in [1.54, 1.807) is 42.5 Å². The minimum atomic E-state index is -0.658. The van der Waals surface area contributed by atoms with E-state index >= 15 is 0 Å². The van der Waals surface area contributed by atoms with Crippen LogP contribution in [0.3, 0.4) is 0 Å². The number of ether oxygens (including phenoxy) is 2. The van der Waals surface area contributed by atoms with Gasteiger partial charge in [0.05, 0.1) is 24.1 Å². The average Bonchev–Trinajstić information content (AvgIpc) is 3.24. The number of aliphatic hydroxyl groups excluding tert-OH is 1. The summed E-state index contributed by atoms with van der Waals surface area (Å²) in [6, 6.07) is 15.8. The molecule has 0 unspecified atom stereocenters. The fourth-order valence-corrected chi connectivity index (χ4v) is 2.94. The summed E-state index contributed by atoms with van der Waals surface area (Å²) in [5, 5.41) is 19.6. The Balaban J connectivity index is 1.53. The minimum Gasteiger partial charge on any atom is -0.507 e. The van der Waals surface area contributed by atoms with Crippen LogP contribution in [-0.2, 0) is 9.53 Å². The number of para-hydroxylation sites is 2. The molecule has 0 saturated carbocycles. The molecule has 32 heavy (non-hydrogen) atoms. The predicted molar refractivity (Wildman–Crippen MR) is 118 cm³/mol. The zero-order chi connectivity index (χ0) is 22.9. The summed E-state index contributed by atoms with van der Waals surface area (Å²) in [7, 11) is 0. The van der Waals surface area contributed by atoms with Crippen LogP contribution >= 0.6 is 0 Å². The van der Waals surface area contributed by atoms with Gasteiger partial charge in [-0.1, -0.05) is 19.1 Å². The second-order valence-electron chi connectivity index (χ2n) is 6.99. The maximum atomic E-state index is 12.3. The molecule has 0 aliphatic carbocycles. The lowest BCUT2D eigenvalue weighted by atomic mass is 10.1. The van der Waals surface area contributed by atoms with Crippen molar-refractivity contribution >= 4 is 28.4 Å². The number of nitrogens with one attached hydrogen (secondary N) is 1. The molecule has 0 fully saturated rings. The summed E-state index contributed by atoms with van der Waals surface area (Å²) in [6.07, 6.45) is 0.710. The zero-order valence-corrected chi connectivity index (χ0v) is 17.6. The van der Waals surface area contributed by atoms with E-state index in [4.69, 9.17) is 9.47 Å². The van der Waals surface area contributed by atoms with Crippen molar-refractivity contribution < 1.29 is 24.2 Å². The Labute approximate surface area is 185 Å². The molecule has 0 bridgehead atoms. The Hall–Kier alpha value is -4.12. The first kappa shape index (κ1) is 22.6. The lowest BCUT2D eigenvalue weighted by molar-refractivity contribution is -0.143. The molecule has 1 aromatic heterocycles. The Morgan fingerprint density at radius 3 is 2.56 bits per heavy atom. The highest BCUT2D eigenvalue weighted by Gasteiger charge is 2.16. The SMILES string of the molecule is CCCOc1ccc(C(=O)CCC(=O)OC/C(O)=C(\C#N)c2nc3ccccc3[nH]2)cc1. The van der Waals surface area contributed by atoms with Gasteiger partial charge in [-0.2, -0.15) is 5.26 Å². The number of H-pyrrole nitrogens is 1. The lowest BCUT2D eigenvalue weighted by Crippen LogP contribution is -2.11. The van der Waals surface area contributed by atoms with Crippen LogP contribution in [0.4, 0.5) is 0 Å². The van der Waals surface area contributed by atoms with Crippen molar-refractivity contribution in [3.05, 3.63) is 65.7 Å². The van der Waals surface area contributed by atoms with Gasteiger partial charge in [0.2, 0.25) is 0 Å². The van der Waals surface area contributed by atoms with Crippen LogP contribution in [0.1, 0.15) is 42.4 Å². The van der Waals surface area contributed by atoms with Crippen LogP contribution in [-0.4, -0.2) is 40.0 Å². The van der Waals surface area contributed by atoms with E-state index in [9.17, 15) is 20.0 Å². The maximum absolute atomic E-state index is 12.3. The average molecular weight is 433 g/mol. The number of aliphatic hydroxyl groups is 1. The summed E-state index contributed by atoms with van der Waals surface area (Å²) >= 11 is 0. The third-order valence-corrected chi connectivity index (χ3v) is 4.60. The van der Waals surface area contributed by atoms with E-state index in [0.29, 0.717) is 29.0 Å². The highest BCUT2D eigenvalue weighted by atomic mass is 16.5. The molecule has 0 spiro atoms. The second-order valence-corrected chi connectivity index (χ2v) is 6.99.